The topological polar surface area (TPSA) is 57.8 Å². The molecule has 20 heavy (non-hydrogen) atoms. The predicted molar refractivity (Wildman–Crippen MR) is 69.1 cm³/mol. The van der Waals surface area contributed by atoms with Gasteiger partial charge in [-0.05, 0) is 6.08 Å². The molecule has 2 aromatic heterocycles. The highest BCUT2D eigenvalue weighted by molar-refractivity contribution is 7.15. The molecule has 9 heteroatoms. The molecule has 2 aromatic rings. The van der Waals surface area contributed by atoms with Crippen molar-refractivity contribution in [3.8, 4) is 0 Å². The van der Waals surface area contributed by atoms with Crippen LogP contribution in [0.25, 0.3) is 11.0 Å². The van der Waals surface area contributed by atoms with Gasteiger partial charge in [0.1, 0.15) is 6.54 Å². The lowest BCUT2D eigenvalue weighted by atomic mass is 10.3. The molecule has 0 aliphatic heterocycles. The minimum Gasteiger partial charge on any atom is -0.478 e. The summed E-state index contributed by atoms with van der Waals surface area (Å²) in [5.41, 5.74) is 0.301. The molecule has 0 atom stereocenters. The van der Waals surface area contributed by atoms with Crippen LogP contribution in [-0.4, -0.2) is 40.2 Å². The number of nitrogens with zero attached hydrogens (tertiary/aromatic N) is 3. The highest BCUT2D eigenvalue weighted by atomic mass is 32.1. The summed E-state index contributed by atoms with van der Waals surface area (Å²) in [6, 6.07) is 0. The lowest BCUT2D eigenvalue weighted by molar-refractivity contribution is -0.131. The molecule has 2 heterocycles. The average Bonchev–Trinajstić information content (AvgIpc) is 2.83. The van der Waals surface area contributed by atoms with Gasteiger partial charge < -0.3 is 10.0 Å². The molecular formula is C11H10F3N3O2S. The van der Waals surface area contributed by atoms with Crippen molar-refractivity contribution in [2.75, 3.05) is 18.5 Å². The maximum Gasteiger partial charge on any atom is 0.405 e. The second-order valence-corrected chi connectivity index (χ2v) is 4.89. The fraction of sp³-hybridized carbons (Fsp3) is 0.273. The molecule has 2 rings (SSSR count). The first-order valence-electron chi connectivity index (χ1n) is 5.42. The van der Waals surface area contributed by atoms with E-state index in [9.17, 15) is 18.0 Å². The molecule has 0 saturated heterocycles. The van der Waals surface area contributed by atoms with Gasteiger partial charge in [-0.25, -0.2) is 9.78 Å². The van der Waals surface area contributed by atoms with Crippen LogP contribution in [0.3, 0.4) is 0 Å². The number of carboxylic acid groups (broad SMARTS) is 1. The fourth-order valence-electron chi connectivity index (χ4n) is 1.72. The first-order valence-corrected chi connectivity index (χ1v) is 6.30. The number of carboxylic acids is 1. The monoisotopic (exact) mass is 305 g/mol. The smallest absolute Gasteiger partial charge is 0.405 e. The van der Waals surface area contributed by atoms with Crippen molar-refractivity contribution in [3.05, 3.63) is 23.3 Å². The van der Waals surface area contributed by atoms with Crippen molar-refractivity contribution >= 4 is 34.2 Å². The van der Waals surface area contributed by atoms with Crippen LogP contribution in [0.15, 0.2) is 17.7 Å². The van der Waals surface area contributed by atoms with Crippen LogP contribution < -0.4 is 4.90 Å². The van der Waals surface area contributed by atoms with E-state index in [0.717, 1.165) is 11.0 Å². The van der Waals surface area contributed by atoms with Crippen LogP contribution in [0.2, 0.25) is 0 Å². The Kier molecular flexibility index (Phi) is 3.71. The summed E-state index contributed by atoms with van der Waals surface area (Å²) in [7, 11) is 1.26. The largest absolute Gasteiger partial charge is 0.478 e. The van der Waals surface area contributed by atoms with Crippen LogP contribution in [-0.2, 0) is 4.79 Å². The van der Waals surface area contributed by atoms with Crippen molar-refractivity contribution < 1.29 is 23.1 Å². The average molecular weight is 305 g/mol. The molecular weight excluding hydrogens is 295 g/mol. The molecule has 0 bridgehead atoms. The number of rotatable bonds is 4. The number of imidazole rings is 1. The Morgan fingerprint density at radius 3 is 2.90 bits per heavy atom. The third-order valence-electron chi connectivity index (χ3n) is 2.44. The van der Waals surface area contributed by atoms with Gasteiger partial charge in [-0.3, -0.25) is 4.40 Å². The van der Waals surface area contributed by atoms with E-state index in [0.29, 0.717) is 10.7 Å². The summed E-state index contributed by atoms with van der Waals surface area (Å²) in [5, 5.41) is 10.4. The Balaban J connectivity index is 2.43. The van der Waals surface area contributed by atoms with E-state index in [4.69, 9.17) is 5.11 Å². The van der Waals surface area contributed by atoms with Crippen LogP contribution in [0.5, 0.6) is 0 Å². The normalized spacial score (nSPS) is 12.4. The number of aliphatic carboxylic acids is 1. The summed E-state index contributed by atoms with van der Waals surface area (Å²) in [6.45, 7) is -1.16. The second-order valence-electron chi connectivity index (χ2n) is 4.02. The quantitative estimate of drug-likeness (QED) is 0.882. The van der Waals surface area contributed by atoms with Gasteiger partial charge in [0.25, 0.3) is 0 Å². The van der Waals surface area contributed by atoms with Crippen molar-refractivity contribution in [3.63, 3.8) is 0 Å². The van der Waals surface area contributed by atoms with E-state index < -0.39 is 18.7 Å². The van der Waals surface area contributed by atoms with Gasteiger partial charge in [0.05, 0.1) is 5.69 Å². The fourth-order valence-corrected chi connectivity index (χ4v) is 2.44. The Morgan fingerprint density at radius 2 is 2.30 bits per heavy atom. The van der Waals surface area contributed by atoms with E-state index in [1.54, 1.807) is 16.0 Å². The van der Waals surface area contributed by atoms with Crippen LogP contribution in [0.1, 0.15) is 5.69 Å². The highest BCUT2D eigenvalue weighted by Crippen LogP contribution is 2.27. The summed E-state index contributed by atoms with van der Waals surface area (Å²) in [5.74, 6) is -1.09. The zero-order valence-corrected chi connectivity index (χ0v) is 11.1. The van der Waals surface area contributed by atoms with E-state index in [2.05, 4.69) is 4.98 Å². The first-order chi connectivity index (χ1) is 9.28. The number of thiazole rings is 1. The molecule has 0 aromatic carbocycles. The van der Waals surface area contributed by atoms with Crippen molar-refractivity contribution in [2.45, 2.75) is 6.18 Å². The summed E-state index contributed by atoms with van der Waals surface area (Å²) in [4.78, 5) is 16.1. The Labute approximate surface area is 115 Å². The van der Waals surface area contributed by atoms with Gasteiger partial charge in [-0.2, -0.15) is 13.2 Å². The second kappa shape index (κ2) is 5.16. The first kappa shape index (κ1) is 14.4. The highest BCUT2D eigenvalue weighted by Gasteiger charge is 2.31. The zero-order chi connectivity index (χ0) is 14.9. The van der Waals surface area contributed by atoms with Gasteiger partial charge in [0.2, 0.25) is 0 Å². The minimum absolute atomic E-state index is 0.0895. The van der Waals surface area contributed by atoms with Crippen LogP contribution in [0, 0.1) is 0 Å². The lowest BCUT2D eigenvalue weighted by Gasteiger charge is -2.19. The summed E-state index contributed by atoms with van der Waals surface area (Å²) in [6.07, 6.45) is -0.637. The molecule has 1 N–H and O–H groups in total. The van der Waals surface area contributed by atoms with E-state index in [1.165, 1.54) is 24.5 Å². The maximum atomic E-state index is 12.4. The van der Waals surface area contributed by atoms with E-state index in [1.807, 2.05) is 0 Å². The number of alkyl halides is 3. The van der Waals surface area contributed by atoms with Crippen molar-refractivity contribution in [1.29, 1.82) is 0 Å². The molecule has 0 saturated carbocycles. The Hall–Kier alpha value is -2.03. The van der Waals surface area contributed by atoms with Crippen LogP contribution >= 0.6 is 11.3 Å². The SMILES string of the molecule is CN(CC(F)(F)F)c1nc2sccn2c1/C=C/C(=O)O. The van der Waals surface area contributed by atoms with Crippen molar-refractivity contribution in [1.82, 2.24) is 9.38 Å². The number of fused-ring (bicyclic) bond motifs is 1. The zero-order valence-electron chi connectivity index (χ0n) is 10.3. The molecule has 0 radical (unpaired) electrons. The molecule has 0 unspecified atom stereocenters. The number of hydrogen-bond acceptors (Lipinski definition) is 4. The minimum atomic E-state index is -4.36. The number of hydrogen-bond donors (Lipinski definition) is 1. The molecule has 0 spiro atoms. The molecule has 0 aliphatic carbocycles. The van der Waals surface area contributed by atoms with E-state index in [-0.39, 0.29) is 5.82 Å². The standard InChI is InChI=1S/C11H10F3N3O2S/c1-16(6-11(12,13)14)9-7(2-3-8(18)19)17-4-5-20-10(17)15-9/h2-5H,6H2,1H3,(H,18,19)/b3-2+. The Bertz CT molecular complexity index is 659. The predicted octanol–water partition coefficient (Wildman–Crippen LogP) is 2.49. The number of anilines is 1. The van der Waals surface area contributed by atoms with Gasteiger partial charge in [0, 0.05) is 24.7 Å². The Morgan fingerprint density at radius 1 is 1.60 bits per heavy atom. The number of carbonyl (C=O) groups is 1. The summed E-state index contributed by atoms with van der Waals surface area (Å²) < 4.78 is 38.8. The van der Waals surface area contributed by atoms with Crippen molar-refractivity contribution in [2.24, 2.45) is 0 Å². The number of halogens is 3. The molecule has 0 fully saturated rings. The number of aromatic nitrogens is 2. The van der Waals surface area contributed by atoms with Gasteiger partial charge in [-0.15, -0.1) is 11.3 Å². The molecule has 0 aliphatic rings. The third kappa shape index (κ3) is 3.10. The van der Waals surface area contributed by atoms with Gasteiger partial charge in [-0.1, -0.05) is 0 Å². The van der Waals surface area contributed by atoms with Crippen LogP contribution in [0.4, 0.5) is 19.0 Å². The molecule has 0 amide bonds. The summed E-state index contributed by atoms with van der Waals surface area (Å²) >= 11 is 1.25. The van der Waals surface area contributed by atoms with Gasteiger partial charge >= 0.3 is 12.1 Å². The maximum absolute atomic E-state index is 12.4. The van der Waals surface area contributed by atoms with Gasteiger partial charge in [0.15, 0.2) is 10.8 Å². The molecule has 108 valence electrons. The molecule has 5 nitrogen and oxygen atoms in total. The lowest BCUT2D eigenvalue weighted by Crippen LogP contribution is -2.31. The third-order valence-corrected chi connectivity index (χ3v) is 3.20. The van der Waals surface area contributed by atoms with E-state index >= 15 is 0 Å².